The van der Waals surface area contributed by atoms with Crippen molar-refractivity contribution in [2.45, 2.75) is 109 Å². The molecule has 0 aromatic heterocycles. The molecule has 1 N–H and O–H groups in total. The lowest BCUT2D eigenvalue weighted by Crippen LogP contribution is -2.66. The van der Waals surface area contributed by atoms with Crippen LogP contribution in [-0.4, -0.2) is 97.6 Å². The summed E-state index contributed by atoms with van der Waals surface area (Å²) in [5.41, 5.74) is 3.58. The molecule has 0 aliphatic carbocycles. The number of esters is 3. The van der Waals surface area contributed by atoms with Crippen LogP contribution in [0.3, 0.4) is 0 Å². The van der Waals surface area contributed by atoms with Crippen molar-refractivity contribution >= 4 is 17.9 Å². The second-order valence-corrected chi connectivity index (χ2v) is 14.4. The molecule has 10 atom stereocenters. The SMILES string of the molecule is CC(=O)OC[C@H]1O[C@H](O)[C@H](O[C@H]2O[C@H](COCc3ccccc3)[C@@H](OCc3ccccc3)[C@H](OCc3ccccc3)[C@@H]2OCc2ccccc2)[C@@H](OC(C)=O)[C@H]1OC(C)=O. The molecule has 4 aromatic carbocycles. The second-order valence-electron chi connectivity index (χ2n) is 14.4. The van der Waals surface area contributed by atoms with E-state index in [2.05, 4.69) is 0 Å². The summed E-state index contributed by atoms with van der Waals surface area (Å²) in [6.45, 7) is 3.83. The van der Waals surface area contributed by atoms with E-state index in [0.29, 0.717) is 0 Å². The molecule has 0 saturated carbocycles. The monoisotopic (exact) mass is 828 g/mol. The highest BCUT2D eigenvalue weighted by Crippen LogP contribution is 2.35. The minimum Gasteiger partial charge on any atom is -0.463 e. The van der Waals surface area contributed by atoms with Gasteiger partial charge < -0.3 is 52.5 Å². The van der Waals surface area contributed by atoms with Gasteiger partial charge in [-0.05, 0) is 22.3 Å². The molecule has 2 fully saturated rings. The number of carbonyl (C=O) groups excluding carboxylic acids is 3. The first-order valence-electron chi connectivity index (χ1n) is 19.8. The molecular formula is C46H52O14. The molecule has 14 heteroatoms. The van der Waals surface area contributed by atoms with Crippen molar-refractivity contribution in [2.75, 3.05) is 13.2 Å². The van der Waals surface area contributed by atoms with Crippen LogP contribution in [-0.2, 0) is 88.2 Å². The predicted octanol–water partition coefficient (Wildman–Crippen LogP) is 5.21. The maximum Gasteiger partial charge on any atom is 0.303 e. The summed E-state index contributed by atoms with van der Waals surface area (Å²) in [5.74, 6) is -2.15. The van der Waals surface area contributed by atoms with E-state index in [-0.39, 0.29) is 33.0 Å². The number of benzene rings is 4. The Morgan fingerprint density at radius 1 is 0.483 bits per heavy atom. The standard InChI is InChI=1S/C46H52O14/c1-30(47)52-29-38-40(56-31(2)48)42(57-32(3)49)43(45(50)58-38)60-46-44(55-27-36-22-14-7-15-23-36)41(54-26-35-20-12-6-13-21-35)39(53-25-34-18-10-5-11-19-34)37(59-46)28-51-24-33-16-8-4-9-17-33/h4-23,37-46,50H,24-29H2,1-3H3/t37-,38-,39-,40+,41+,42+,43-,44+,45+,46-/m1/s1. The minimum absolute atomic E-state index is 0.0163. The first-order valence-corrected chi connectivity index (χ1v) is 19.8. The van der Waals surface area contributed by atoms with Crippen molar-refractivity contribution < 1.29 is 66.9 Å². The fourth-order valence-corrected chi connectivity index (χ4v) is 7.04. The molecule has 0 bridgehead atoms. The van der Waals surface area contributed by atoms with Gasteiger partial charge in [0.2, 0.25) is 0 Å². The van der Waals surface area contributed by atoms with E-state index in [1.165, 1.54) is 6.92 Å². The number of carbonyl (C=O) groups is 3. The van der Waals surface area contributed by atoms with Crippen LogP contribution in [0.4, 0.5) is 0 Å². The molecule has 60 heavy (non-hydrogen) atoms. The van der Waals surface area contributed by atoms with Crippen molar-refractivity contribution in [3.8, 4) is 0 Å². The first-order chi connectivity index (χ1) is 29.1. The summed E-state index contributed by atoms with van der Waals surface area (Å²) in [4.78, 5) is 36.9. The Morgan fingerprint density at radius 2 is 0.917 bits per heavy atom. The number of rotatable bonds is 19. The summed E-state index contributed by atoms with van der Waals surface area (Å²) < 4.78 is 62.2. The summed E-state index contributed by atoms with van der Waals surface area (Å²) in [6.07, 6.45) is -12.4. The van der Waals surface area contributed by atoms with E-state index < -0.39 is 85.9 Å². The van der Waals surface area contributed by atoms with E-state index in [4.69, 9.17) is 47.4 Å². The smallest absolute Gasteiger partial charge is 0.303 e. The van der Waals surface area contributed by atoms with Crippen molar-refractivity contribution in [3.63, 3.8) is 0 Å². The molecule has 0 spiro atoms. The Kier molecular flexibility index (Phi) is 16.7. The van der Waals surface area contributed by atoms with Gasteiger partial charge in [0.15, 0.2) is 30.9 Å². The number of hydrogen-bond donors (Lipinski definition) is 1. The molecule has 2 saturated heterocycles. The molecule has 6 rings (SSSR count). The molecule has 2 aliphatic rings. The molecule has 14 nitrogen and oxygen atoms in total. The second kappa shape index (κ2) is 22.5. The molecule has 0 radical (unpaired) electrons. The third-order valence-electron chi connectivity index (χ3n) is 9.80. The third-order valence-corrected chi connectivity index (χ3v) is 9.80. The Bertz CT molecular complexity index is 1900. The minimum atomic E-state index is -1.80. The van der Waals surface area contributed by atoms with Crippen LogP contribution < -0.4 is 0 Å². The lowest BCUT2D eigenvalue weighted by atomic mass is 9.96. The number of hydrogen-bond acceptors (Lipinski definition) is 14. The fourth-order valence-electron chi connectivity index (χ4n) is 7.04. The third kappa shape index (κ3) is 13.0. The summed E-state index contributed by atoms with van der Waals surface area (Å²) in [7, 11) is 0. The Balaban J connectivity index is 1.38. The van der Waals surface area contributed by atoms with Gasteiger partial charge in [-0.3, -0.25) is 14.4 Å². The van der Waals surface area contributed by atoms with Crippen molar-refractivity contribution in [1.29, 1.82) is 0 Å². The Hall–Kier alpha value is -5.03. The van der Waals surface area contributed by atoms with Crippen LogP contribution in [0.25, 0.3) is 0 Å². The predicted molar refractivity (Wildman–Crippen MR) is 213 cm³/mol. The normalized spacial score (nSPS) is 26.5. The lowest BCUT2D eigenvalue weighted by Gasteiger charge is -2.49. The van der Waals surface area contributed by atoms with Gasteiger partial charge in [0.25, 0.3) is 0 Å². The zero-order valence-corrected chi connectivity index (χ0v) is 33.8. The first kappa shape index (κ1) is 44.5. The van der Waals surface area contributed by atoms with E-state index >= 15 is 0 Å². The average molecular weight is 829 g/mol. The van der Waals surface area contributed by atoms with E-state index in [0.717, 1.165) is 36.1 Å². The van der Waals surface area contributed by atoms with Gasteiger partial charge in [-0.1, -0.05) is 121 Å². The highest BCUT2D eigenvalue weighted by Gasteiger charge is 2.55. The highest BCUT2D eigenvalue weighted by atomic mass is 16.8. The molecule has 0 unspecified atom stereocenters. The number of aliphatic hydroxyl groups is 1. The molecule has 2 heterocycles. The zero-order valence-electron chi connectivity index (χ0n) is 33.8. The quantitative estimate of drug-likeness (QED) is 0.0968. The summed E-state index contributed by atoms with van der Waals surface area (Å²) in [6, 6.07) is 38.4. The summed E-state index contributed by atoms with van der Waals surface area (Å²) in [5, 5.41) is 11.6. The van der Waals surface area contributed by atoms with Crippen LogP contribution in [0.5, 0.6) is 0 Å². The van der Waals surface area contributed by atoms with Crippen molar-refractivity contribution in [2.24, 2.45) is 0 Å². The van der Waals surface area contributed by atoms with Gasteiger partial charge in [-0.15, -0.1) is 0 Å². The average Bonchev–Trinajstić information content (AvgIpc) is 3.24. The van der Waals surface area contributed by atoms with Gasteiger partial charge in [-0.2, -0.15) is 0 Å². The van der Waals surface area contributed by atoms with Crippen molar-refractivity contribution in [3.05, 3.63) is 144 Å². The van der Waals surface area contributed by atoms with E-state index in [9.17, 15) is 19.5 Å². The topological polar surface area (TPSA) is 164 Å². The van der Waals surface area contributed by atoms with Gasteiger partial charge >= 0.3 is 17.9 Å². The van der Waals surface area contributed by atoms with Crippen LogP contribution in [0.1, 0.15) is 43.0 Å². The van der Waals surface area contributed by atoms with Crippen LogP contribution in [0.15, 0.2) is 121 Å². The van der Waals surface area contributed by atoms with Gasteiger partial charge in [0.1, 0.15) is 37.1 Å². The van der Waals surface area contributed by atoms with Gasteiger partial charge in [0, 0.05) is 20.8 Å². The van der Waals surface area contributed by atoms with Crippen LogP contribution in [0, 0.1) is 0 Å². The zero-order chi connectivity index (χ0) is 42.3. The lowest BCUT2D eigenvalue weighted by molar-refractivity contribution is -0.373. The fraction of sp³-hybridized carbons (Fsp3) is 0.413. The number of aliphatic hydroxyl groups excluding tert-OH is 1. The van der Waals surface area contributed by atoms with E-state index in [1.807, 2.05) is 121 Å². The maximum atomic E-state index is 12.6. The molecule has 4 aromatic rings. The van der Waals surface area contributed by atoms with Crippen LogP contribution >= 0.6 is 0 Å². The molecule has 320 valence electrons. The van der Waals surface area contributed by atoms with Gasteiger partial charge in [0.05, 0.1) is 33.0 Å². The van der Waals surface area contributed by atoms with E-state index in [1.54, 1.807) is 0 Å². The largest absolute Gasteiger partial charge is 0.463 e. The molecule has 0 amide bonds. The Labute approximate surface area is 349 Å². The molecule has 2 aliphatic heterocycles. The summed E-state index contributed by atoms with van der Waals surface area (Å²) >= 11 is 0. The van der Waals surface area contributed by atoms with Gasteiger partial charge in [-0.25, -0.2) is 0 Å². The number of ether oxygens (including phenoxy) is 10. The molecular weight excluding hydrogens is 776 g/mol. The van der Waals surface area contributed by atoms with Crippen molar-refractivity contribution in [1.82, 2.24) is 0 Å². The van der Waals surface area contributed by atoms with Crippen LogP contribution in [0.2, 0.25) is 0 Å². The highest BCUT2D eigenvalue weighted by molar-refractivity contribution is 5.68. The maximum absolute atomic E-state index is 12.6. The Morgan fingerprint density at radius 3 is 1.40 bits per heavy atom.